The summed E-state index contributed by atoms with van der Waals surface area (Å²) in [7, 11) is 0. The second-order valence-corrected chi connectivity index (χ2v) is 2.67. The number of nitrogens with one attached hydrogen (secondary N) is 2. The molecule has 14 heavy (non-hydrogen) atoms. The number of carboxylic acid groups (broad SMARTS) is 1. The van der Waals surface area contributed by atoms with Crippen molar-refractivity contribution in [2.75, 3.05) is 0 Å². The van der Waals surface area contributed by atoms with Crippen LogP contribution in [0.2, 0.25) is 0 Å². The summed E-state index contributed by atoms with van der Waals surface area (Å²) in [6.07, 6.45) is 0.967. The van der Waals surface area contributed by atoms with Gasteiger partial charge < -0.3 is 10.5 Å². The van der Waals surface area contributed by atoms with Gasteiger partial charge in [0.1, 0.15) is 11.0 Å². The van der Waals surface area contributed by atoms with Crippen molar-refractivity contribution in [3.05, 3.63) is 23.3 Å². The van der Waals surface area contributed by atoms with Crippen LogP contribution < -0.4 is 0 Å². The third-order valence-corrected chi connectivity index (χ3v) is 1.90. The van der Waals surface area contributed by atoms with E-state index in [0.29, 0.717) is 11.0 Å². The predicted octanol–water partition coefficient (Wildman–Crippen LogP) is 0.654. The van der Waals surface area contributed by atoms with Crippen LogP contribution in [0, 0.1) is 5.41 Å². The van der Waals surface area contributed by atoms with Crippen LogP contribution in [0.5, 0.6) is 0 Å². The van der Waals surface area contributed by atoms with Gasteiger partial charge in [-0.05, 0) is 12.1 Å². The minimum Gasteiger partial charge on any atom is -0.478 e. The maximum absolute atomic E-state index is 10.8. The monoisotopic (exact) mass is 190 g/mol. The topological polar surface area (TPSA) is 103 Å². The Morgan fingerprint density at radius 3 is 2.93 bits per heavy atom. The van der Waals surface area contributed by atoms with Crippen LogP contribution in [0.3, 0.4) is 0 Å². The number of carboxylic acids is 1. The molecule has 0 saturated carbocycles. The second kappa shape index (κ2) is 2.91. The van der Waals surface area contributed by atoms with Crippen LogP contribution in [0.25, 0.3) is 11.0 Å². The molecule has 1 heterocycles. The summed E-state index contributed by atoms with van der Waals surface area (Å²) < 4.78 is 0. The lowest BCUT2D eigenvalue weighted by Gasteiger charge is -1.98. The van der Waals surface area contributed by atoms with Crippen LogP contribution >= 0.6 is 0 Å². The molecule has 0 aliphatic rings. The normalized spacial score (nSPS) is 10.3. The van der Waals surface area contributed by atoms with E-state index in [4.69, 9.17) is 10.5 Å². The Morgan fingerprint density at radius 1 is 1.50 bits per heavy atom. The number of fused-ring (bicyclic) bond motifs is 1. The first kappa shape index (κ1) is 8.36. The molecule has 6 nitrogen and oxygen atoms in total. The first-order valence-corrected chi connectivity index (χ1v) is 3.81. The minimum atomic E-state index is -1.08. The number of carbonyl (C=O) groups is 1. The number of hydrogen-bond acceptors (Lipinski definition) is 4. The zero-order chi connectivity index (χ0) is 10.1. The molecule has 0 bridgehead atoms. The SMILES string of the molecule is N=Cc1c(C(=O)O)ccc2n[nH]nc12. The van der Waals surface area contributed by atoms with Crippen molar-refractivity contribution in [3.8, 4) is 0 Å². The van der Waals surface area contributed by atoms with E-state index in [-0.39, 0.29) is 11.1 Å². The maximum atomic E-state index is 10.8. The van der Waals surface area contributed by atoms with Gasteiger partial charge in [-0.25, -0.2) is 4.79 Å². The molecule has 2 rings (SSSR count). The molecule has 3 N–H and O–H groups in total. The third-order valence-electron chi connectivity index (χ3n) is 1.90. The lowest BCUT2D eigenvalue weighted by atomic mass is 10.1. The molecule has 0 fully saturated rings. The highest BCUT2D eigenvalue weighted by atomic mass is 16.4. The molecule has 0 spiro atoms. The number of rotatable bonds is 2. The largest absolute Gasteiger partial charge is 0.478 e. The van der Waals surface area contributed by atoms with E-state index in [1.807, 2.05) is 0 Å². The Labute approximate surface area is 78.1 Å². The van der Waals surface area contributed by atoms with E-state index in [0.717, 1.165) is 6.21 Å². The highest BCUT2D eigenvalue weighted by molar-refractivity contribution is 6.06. The Bertz CT molecular complexity index is 517. The molecule has 2 aromatic rings. The van der Waals surface area contributed by atoms with Gasteiger partial charge >= 0.3 is 5.97 Å². The van der Waals surface area contributed by atoms with Crippen molar-refractivity contribution in [2.45, 2.75) is 0 Å². The average Bonchev–Trinajstić information content (AvgIpc) is 2.63. The molecule has 0 aliphatic heterocycles. The quantitative estimate of drug-likeness (QED) is 0.605. The van der Waals surface area contributed by atoms with Crippen LogP contribution in [0.1, 0.15) is 15.9 Å². The third kappa shape index (κ3) is 1.05. The number of aromatic carboxylic acids is 1. The molecule has 0 saturated heterocycles. The van der Waals surface area contributed by atoms with Crippen LogP contribution in [-0.2, 0) is 0 Å². The standard InChI is InChI=1S/C8H6N4O2/c9-3-5-4(8(13)14)1-2-6-7(5)11-12-10-6/h1-3,9H,(H,13,14)(H,10,11,12). The van der Waals surface area contributed by atoms with E-state index in [1.54, 1.807) is 6.07 Å². The molecular weight excluding hydrogens is 184 g/mol. The lowest BCUT2D eigenvalue weighted by molar-refractivity contribution is 0.0697. The fraction of sp³-hybridized carbons (Fsp3) is 0. The number of hydrogen-bond donors (Lipinski definition) is 3. The molecule has 70 valence electrons. The summed E-state index contributed by atoms with van der Waals surface area (Å²) in [4.78, 5) is 10.8. The smallest absolute Gasteiger partial charge is 0.336 e. The Kier molecular flexibility index (Phi) is 1.74. The van der Waals surface area contributed by atoms with E-state index in [2.05, 4.69) is 15.4 Å². The Hall–Kier alpha value is -2.24. The molecular formula is C8H6N4O2. The predicted molar refractivity (Wildman–Crippen MR) is 48.7 cm³/mol. The van der Waals surface area contributed by atoms with Gasteiger partial charge in [0, 0.05) is 11.8 Å². The summed E-state index contributed by atoms with van der Waals surface area (Å²) in [5.41, 5.74) is 1.28. The molecule has 0 atom stereocenters. The summed E-state index contributed by atoms with van der Waals surface area (Å²) in [5.74, 6) is -1.08. The van der Waals surface area contributed by atoms with Gasteiger partial charge in [0.05, 0.1) is 5.56 Å². The minimum absolute atomic E-state index is 0.0569. The molecule has 0 unspecified atom stereocenters. The highest BCUT2D eigenvalue weighted by Gasteiger charge is 2.13. The fourth-order valence-corrected chi connectivity index (χ4v) is 1.27. The van der Waals surface area contributed by atoms with E-state index in [1.165, 1.54) is 6.07 Å². The van der Waals surface area contributed by atoms with Gasteiger partial charge in [0.25, 0.3) is 0 Å². The molecule has 6 heteroatoms. The van der Waals surface area contributed by atoms with Gasteiger partial charge in [-0.1, -0.05) is 0 Å². The highest BCUT2D eigenvalue weighted by Crippen LogP contribution is 2.16. The summed E-state index contributed by atoms with van der Waals surface area (Å²) in [6, 6.07) is 2.96. The average molecular weight is 190 g/mol. The van der Waals surface area contributed by atoms with Crippen LogP contribution in [-0.4, -0.2) is 32.7 Å². The second-order valence-electron chi connectivity index (χ2n) is 2.67. The molecule has 0 aliphatic carbocycles. The van der Waals surface area contributed by atoms with Crippen LogP contribution in [0.4, 0.5) is 0 Å². The first-order chi connectivity index (χ1) is 6.74. The van der Waals surface area contributed by atoms with Crippen LogP contribution in [0.15, 0.2) is 12.1 Å². The Morgan fingerprint density at radius 2 is 2.29 bits per heavy atom. The number of benzene rings is 1. The number of aromatic amines is 1. The van der Waals surface area contributed by atoms with Gasteiger partial charge in [-0.2, -0.15) is 15.4 Å². The van der Waals surface area contributed by atoms with Gasteiger partial charge in [-0.15, -0.1) is 0 Å². The van der Waals surface area contributed by atoms with Crippen molar-refractivity contribution in [1.82, 2.24) is 15.4 Å². The number of H-pyrrole nitrogens is 1. The number of nitrogens with zero attached hydrogens (tertiary/aromatic N) is 2. The summed E-state index contributed by atoms with van der Waals surface area (Å²) in [5, 5.41) is 25.9. The van der Waals surface area contributed by atoms with Crippen molar-refractivity contribution in [1.29, 1.82) is 5.41 Å². The van der Waals surface area contributed by atoms with Gasteiger partial charge in [-0.3, -0.25) is 0 Å². The summed E-state index contributed by atoms with van der Waals surface area (Å²) in [6.45, 7) is 0. The fourth-order valence-electron chi connectivity index (χ4n) is 1.27. The van der Waals surface area contributed by atoms with Crippen molar-refractivity contribution >= 4 is 23.2 Å². The lowest BCUT2D eigenvalue weighted by Crippen LogP contribution is -2.02. The zero-order valence-corrected chi connectivity index (χ0v) is 6.98. The maximum Gasteiger partial charge on any atom is 0.336 e. The molecule has 0 amide bonds. The Balaban J connectivity index is 2.85. The summed E-state index contributed by atoms with van der Waals surface area (Å²) >= 11 is 0. The van der Waals surface area contributed by atoms with Crippen molar-refractivity contribution < 1.29 is 9.90 Å². The first-order valence-electron chi connectivity index (χ1n) is 3.81. The van der Waals surface area contributed by atoms with Crippen molar-refractivity contribution in [3.63, 3.8) is 0 Å². The van der Waals surface area contributed by atoms with Gasteiger partial charge in [0.2, 0.25) is 0 Å². The van der Waals surface area contributed by atoms with Crippen molar-refractivity contribution in [2.24, 2.45) is 0 Å². The molecule has 0 radical (unpaired) electrons. The molecule has 1 aromatic carbocycles. The zero-order valence-electron chi connectivity index (χ0n) is 6.98. The van der Waals surface area contributed by atoms with E-state index in [9.17, 15) is 4.79 Å². The molecule has 1 aromatic heterocycles. The number of aromatic nitrogens is 3. The van der Waals surface area contributed by atoms with E-state index >= 15 is 0 Å². The van der Waals surface area contributed by atoms with E-state index < -0.39 is 5.97 Å². The van der Waals surface area contributed by atoms with Gasteiger partial charge in [0.15, 0.2) is 0 Å².